The summed E-state index contributed by atoms with van der Waals surface area (Å²) in [5, 5.41) is 3.56. The van der Waals surface area contributed by atoms with Crippen LogP contribution >= 0.6 is 23.2 Å². The molecule has 0 radical (unpaired) electrons. The summed E-state index contributed by atoms with van der Waals surface area (Å²) in [6, 6.07) is 4.77. The maximum absolute atomic E-state index is 13.5. The van der Waals surface area contributed by atoms with Crippen LogP contribution in [-0.2, 0) is 6.18 Å². The van der Waals surface area contributed by atoms with Crippen LogP contribution in [-0.4, -0.2) is 54.1 Å². The minimum absolute atomic E-state index is 0.0470. The number of hydrogen-bond donors (Lipinski definition) is 2. The Balaban J connectivity index is 1.86. The highest BCUT2D eigenvalue weighted by molar-refractivity contribution is 6.42. The second-order valence-corrected chi connectivity index (χ2v) is 7.11. The Morgan fingerprint density at radius 2 is 1.82 bits per heavy atom. The number of piperazine rings is 1. The molecule has 2 aromatic rings. The zero-order chi connectivity index (χ0) is 20.3. The lowest BCUT2D eigenvalue weighted by Crippen LogP contribution is -2.48. The quantitative estimate of drug-likeness (QED) is 0.748. The molecule has 3 N–H and O–H groups in total. The van der Waals surface area contributed by atoms with E-state index in [1.165, 1.54) is 0 Å². The van der Waals surface area contributed by atoms with Crippen molar-refractivity contribution in [1.29, 1.82) is 0 Å². The van der Waals surface area contributed by atoms with E-state index in [-0.39, 0.29) is 11.8 Å². The predicted molar refractivity (Wildman–Crippen MR) is 104 cm³/mol. The van der Waals surface area contributed by atoms with Gasteiger partial charge in [-0.3, -0.25) is 4.90 Å². The van der Waals surface area contributed by atoms with Crippen molar-refractivity contribution < 1.29 is 13.2 Å². The van der Waals surface area contributed by atoms with Gasteiger partial charge in [-0.2, -0.15) is 18.2 Å². The third-order valence-electron chi connectivity index (χ3n) is 4.37. The highest BCUT2D eigenvalue weighted by atomic mass is 35.5. The van der Waals surface area contributed by atoms with Gasteiger partial charge in [0, 0.05) is 51.2 Å². The second kappa shape index (κ2) is 8.69. The molecule has 0 aliphatic carbocycles. The van der Waals surface area contributed by atoms with Gasteiger partial charge in [0.2, 0.25) is 5.95 Å². The van der Waals surface area contributed by atoms with Crippen LogP contribution in [0.3, 0.4) is 0 Å². The summed E-state index contributed by atoms with van der Waals surface area (Å²) >= 11 is 11.9. The predicted octanol–water partition coefficient (Wildman–Crippen LogP) is 3.63. The zero-order valence-corrected chi connectivity index (χ0v) is 16.3. The van der Waals surface area contributed by atoms with Crippen LogP contribution in [0.5, 0.6) is 0 Å². The van der Waals surface area contributed by atoms with Gasteiger partial charge in [-0.25, -0.2) is 4.98 Å². The van der Waals surface area contributed by atoms with Crippen molar-refractivity contribution in [2.24, 2.45) is 5.73 Å². The molecule has 11 heteroatoms. The summed E-state index contributed by atoms with van der Waals surface area (Å²) in [7, 11) is 0. The average molecular weight is 435 g/mol. The lowest BCUT2D eigenvalue weighted by atomic mass is 10.2. The molecule has 2 heterocycles. The first-order chi connectivity index (χ1) is 13.3. The van der Waals surface area contributed by atoms with Gasteiger partial charge in [-0.05, 0) is 18.2 Å². The Labute approximate surface area is 170 Å². The lowest BCUT2D eigenvalue weighted by molar-refractivity contribution is -0.137. The number of anilines is 3. The number of benzene rings is 1. The standard InChI is InChI=1S/C17H19Cl2F3N6/c18-13-2-1-11(9-14(13)19)25-16-24-10-12(17(20,21)22)15(26-16)28-7-5-27(4-3-23)6-8-28/h1-2,9-10H,3-8,23H2,(H,24,25,26). The Bertz CT molecular complexity index is 825. The van der Waals surface area contributed by atoms with Crippen LogP contribution < -0.4 is 16.0 Å². The number of halogens is 5. The fourth-order valence-electron chi connectivity index (χ4n) is 2.94. The molecule has 0 saturated carbocycles. The van der Waals surface area contributed by atoms with Gasteiger partial charge < -0.3 is 16.0 Å². The van der Waals surface area contributed by atoms with E-state index in [1.54, 1.807) is 23.1 Å². The van der Waals surface area contributed by atoms with E-state index in [4.69, 9.17) is 28.9 Å². The van der Waals surface area contributed by atoms with Gasteiger partial charge in [-0.1, -0.05) is 23.2 Å². The molecule has 28 heavy (non-hydrogen) atoms. The van der Waals surface area contributed by atoms with Crippen molar-refractivity contribution in [3.8, 4) is 0 Å². The van der Waals surface area contributed by atoms with E-state index in [1.807, 2.05) is 0 Å². The summed E-state index contributed by atoms with van der Waals surface area (Å²) < 4.78 is 40.4. The van der Waals surface area contributed by atoms with E-state index in [9.17, 15) is 13.2 Å². The lowest BCUT2D eigenvalue weighted by Gasteiger charge is -2.36. The summed E-state index contributed by atoms with van der Waals surface area (Å²) in [5.74, 6) is -0.0942. The van der Waals surface area contributed by atoms with Crippen molar-refractivity contribution in [2.75, 3.05) is 49.5 Å². The highest BCUT2D eigenvalue weighted by Crippen LogP contribution is 2.36. The molecule has 0 atom stereocenters. The van der Waals surface area contributed by atoms with Gasteiger partial charge in [0.1, 0.15) is 11.4 Å². The smallest absolute Gasteiger partial charge is 0.353 e. The zero-order valence-electron chi connectivity index (χ0n) is 14.8. The van der Waals surface area contributed by atoms with Crippen LogP contribution in [0.1, 0.15) is 5.56 Å². The van der Waals surface area contributed by atoms with Crippen molar-refractivity contribution in [2.45, 2.75) is 6.18 Å². The Kier molecular flexibility index (Phi) is 6.49. The van der Waals surface area contributed by atoms with Gasteiger partial charge >= 0.3 is 6.18 Å². The van der Waals surface area contributed by atoms with E-state index >= 15 is 0 Å². The average Bonchev–Trinajstić information content (AvgIpc) is 2.65. The minimum Gasteiger partial charge on any atom is -0.353 e. The molecule has 0 amide bonds. The normalized spacial score (nSPS) is 15.7. The molecular weight excluding hydrogens is 416 g/mol. The van der Waals surface area contributed by atoms with E-state index in [0.717, 1.165) is 6.20 Å². The van der Waals surface area contributed by atoms with Crippen molar-refractivity contribution in [1.82, 2.24) is 14.9 Å². The Hall–Kier alpha value is -1.81. The number of nitrogens with one attached hydrogen (secondary N) is 1. The Morgan fingerprint density at radius 3 is 2.43 bits per heavy atom. The van der Waals surface area contributed by atoms with Crippen molar-refractivity contribution in [3.63, 3.8) is 0 Å². The monoisotopic (exact) mass is 434 g/mol. The first kappa shape index (κ1) is 20.9. The topological polar surface area (TPSA) is 70.3 Å². The van der Waals surface area contributed by atoms with Crippen molar-refractivity contribution >= 4 is 40.7 Å². The van der Waals surface area contributed by atoms with Gasteiger partial charge in [0.05, 0.1) is 10.0 Å². The largest absolute Gasteiger partial charge is 0.421 e. The summed E-state index contributed by atoms with van der Waals surface area (Å²) in [4.78, 5) is 11.7. The maximum Gasteiger partial charge on any atom is 0.421 e. The first-order valence-corrected chi connectivity index (χ1v) is 9.37. The van der Waals surface area contributed by atoms with E-state index < -0.39 is 11.7 Å². The van der Waals surface area contributed by atoms with Gasteiger partial charge in [-0.15, -0.1) is 0 Å². The molecule has 1 aliphatic rings. The third-order valence-corrected chi connectivity index (χ3v) is 5.11. The molecule has 6 nitrogen and oxygen atoms in total. The fourth-order valence-corrected chi connectivity index (χ4v) is 3.24. The molecular formula is C17H19Cl2F3N6. The highest BCUT2D eigenvalue weighted by Gasteiger charge is 2.37. The molecule has 0 bridgehead atoms. The number of nitrogens with two attached hydrogens (primary N) is 1. The maximum atomic E-state index is 13.5. The van der Waals surface area contributed by atoms with Crippen LogP contribution in [0.4, 0.5) is 30.6 Å². The summed E-state index contributed by atoms with van der Waals surface area (Å²) in [5.41, 5.74) is 5.21. The molecule has 1 fully saturated rings. The first-order valence-electron chi connectivity index (χ1n) is 8.61. The van der Waals surface area contributed by atoms with Crippen LogP contribution in [0.25, 0.3) is 0 Å². The fraction of sp³-hybridized carbons (Fsp3) is 0.412. The number of hydrogen-bond acceptors (Lipinski definition) is 6. The van der Waals surface area contributed by atoms with Crippen molar-refractivity contribution in [3.05, 3.63) is 40.0 Å². The van der Waals surface area contributed by atoms with Gasteiger partial charge in [0.15, 0.2) is 0 Å². The summed E-state index contributed by atoms with van der Waals surface area (Å²) in [6.45, 7) is 3.31. The third kappa shape index (κ3) is 4.96. The molecule has 1 aromatic carbocycles. The van der Waals surface area contributed by atoms with Crippen LogP contribution in [0, 0.1) is 0 Å². The molecule has 0 spiro atoms. The molecule has 0 unspecified atom stereocenters. The van der Waals surface area contributed by atoms with Gasteiger partial charge in [0.25, 0.3) is 0 Å². The molecule has 1 aromatic heterocycles. The molecule has 1 saturated heterocycles. The number of rotatable bonds is 5. The van der Waals surface area contributed by atoms with E-state index in [0.29, 0.717) is 55.0 Å². The van der Waals surface area contributed by atoms with Crippen LogP contribution in [0.15, 0.2) is 24.4 Å². The second-order valence-electron chi connectivity index (χ2n) is 6.30. The molecule has 3 rings (SSSR count). The Morgan fingerprint density at radius 1 is 1.11 bits per heavy atom. The summed E-state index contributed by atoms with van der Waals surface area (Å²) in [6.07, 6.45) is -3.75. The van der Waals surface area contributed by atoms with Crippen LogP contribution in [0.2, 0.25) is 10.0 Å². The SMILES string of the molecule is NCCN1CCN(c2nc(Nc3ccc(Cl)c(Cl)c3)ncc2C(F)(F)F)CC1. The number of nitrogens with zero attached hydrogens (tertiary/aromatic N) is 4. The van der Waals surface area contributed by atoms with E-state index in [2.05, 4.69) is 20.2 Å². The molecule has 152 valence electrons. The minimum atomic E-state index is -4.55. The number of aromatic nitrogens is 2. The number of alkyl halides is 3. The molecule has 1 aliphatic heterocycles.